The number of piperazine rings is 1. The standard InChI is InChI=1S/C17H23ClN4.ClH/c1-13(2)22-14(7-8-20-22)12-21-10-9-19-11-17(21)15-5-3-4-6-16(15)18;/h3-8,13,17,19H,9-12H2,1-2H3;1H. The van der Waals surface area contributed by atoms with Crippen molar-refractivity contribution in [1.29, 1.82) is 0 Å². The molecule has 0 aliphatic carbocycles. The zero-order valence-electron chi connectivity index (χ0n) is 13.6. The van der Waals surface area contributed by atoms with Gasteiger partial charge in [-0.2, -0.15) is 5.10 Å². The van der Waals surface area contributed by atoms with Gasteiger partial charge >= 0.3 is 0 Å². The van der Waals surface area contributed by atoms with Crippen LogP contribution in [0.3, 0.4) is 0 Å². The van der Waals surface area contributed by atoms with E-state index in [0.717, 1.165) is 31.2 Å². The van der Waals surface area contributed by atoms with Crippen molar-refractivity contribution in [3.63, 3.8) is 0 Å². The average molecular weight is 355 g/mol. The predicted octanol–water partition coefficient (Wildman–Crippen LogP) is 3.69. The third-order valence-electron chi connectivity index (χ3n) is 4.22. The van der Waals surface area contributed by atoms with E-state index in [1.807, 2.05) is 18.3 Å². The molecule has 1 atom stereocenters. The highest BCUT2D eigenvalue weighted by Crippen LogP contribution is 2.29. The molecule has 1 N–H and O–H groups in total. The molecule has 2 heterocycles. The van der Waals surface area contributed by atoms with E-state index in [1.165, 1.54) is 11.3 Å². The van der Waals surface area contributed by atoms with Gasteiger partial charge in [0.15, 0.2) is 0 Å². The van der Waals surface area contributed by atoms with Gasteiger partial charge < -0.3 is 5.32 Å². The van der Waals surface area contributed by atoms with Crippen LogP contribution in [0.15, 0.2) is 36.5 Å². The molecule has 126 valence electrons. The minimum absolute atomic E-state index is 0. The normalized spacial score (nSPS) is 18.9. The van der Waals surface area contributed by atoms with Crippen molar-refractivity contribution in [2.45, 2.75) is 32.5 Å². The molecule has 1 aliphatic heterocycles. The van der Waals surface area contributed by atoms with Gasteiger partial charge in [-0.25, -0.2) is 0 Å². The molecule has 1 fully saturated rings. The summed E-state index contributed by atoms with van der Waals surface area (Å²) >= 11 is 6.41. The molecule has 0 radical (unpaired) electrons. The summed E-state index contributed by atoms with van der Waals surface area (Å²) in [7, 11) is 0. The second kappa shape index (κ2) is 8.15. The number of nitrogens with zero attached hydrogens (tertiary/aromatic N) is 3. The first-order valence-electron chi connectivity index (χ1n) is 7.88. The van der Waals surface area contributed by atoms with Crippen molar-refractivity contribution >= 4 is 24.0 Å². The molecule has 2 aromatic rings. The third kappa shape index (κ3) is 4.07. The number of aromatic nitrogens is 2. The largest absolute Gasteiger partial charge is 0.314 e. The number of hydrogen-bond donors (Lipinski definition) is 1. The molecule has 3 rings (SSSR count). The summed E-state index contributed by atoms with van der Waals surface area (Å²) in [5, 5.41) is 8.78. The van der Waals surface area contributed by atoms with Gasteiger partial charge in [-0.3, -0.25) is 9.58 Å². The van der Waals surface area contributed by atoms with Crippen LogP contribution in [-0.4, -0.2) is 34.3 Å². The van der Waals surface area contributed by atoms with E-state index >= 15 is 0 Å². The van der Waals surface area contributed by atoms with Gasteiger partial charge in [0, 0.05) is 49.5 Å². The molecular formula is C17H24Cl2N4. The highest BCUT2D eigenvalue weighted by atomic mass is 35.5. The Balaban J connectivity index is 0.00000192. The second-order valence-corrected chi connectivity index (χ2v) is 6.48. The number of rotatable bonds is 4. The first kappa shape index (κ1) is 18.3. The molecule has 1 unspecified atom stereocenters. The zero-order chi connectivity index (χ0) is 15.5. The fourth-order valence-corrected chi connectivity index (χ4v) is 3.39. The smallest absolute Gasteiger partial charge is 0.0527 e. The van der Waals surface area contributed by atoms with Crippen molar-refractivity contribution in [2.24, 2.45) is 0 Å². The fraction of sp³-hybridized carbons (Fsp3) is 0.471. The van der Waals surface area contributed by atoms with Crippen molar-refractivity contribution in [3.05, 3.63) is 52.8 Å². The van der Waals surface area contributed by atoms with Crippen LogP contribution in [0.25, 0.3) is 0 Å². The lowest BCUT2D eigenvalue weighted by Gasteiger charge is -2.37. The summed E-state index contributed by atoms with van der Waals surface area (Å²) < 4.78 is 2.10. The van der Waals surface area contributed by atoms with E-state index < -0.39 is 0 Å². The molecule has 23 heavy (non-hydrogen) atoms. The Morgan fingerprint density at radius 2 is 2.09 bits per heavy atom. The zero-order valence-corrected chi connectivity index (χ0v) is 15.1. The first-order chi connectivity index (χ1) is 10.7. The van der Waals surface area contributed by atoms with Crippen LogP contribution in [0.1, 0.15) is 37.2 Å². The van der Waals surface area contributed by atoms with Gasteiger partial charge in [-0.1, -0.05) is 29.8 Å². The summed E-state index contributed by atoms with van der Waals surface area (Å²) in [6, 6.07) is 11.0. The monoisotopic (exact) mass is 354 g/mol. The van der Waals surface area contributed by atoms with E-state index in [2.05, 4.69) is 52.0 Å². The van der Waals surface area contributed by atoms with E-state index in [0.29, 0.717) is 12.1 Å². The summed E-state index contributed by atoms with van der Waals surface area (Å²) in [5.74, 6) is 0. The van der Waals surface area contributed by atoms with Crippen LogP contribution < -0.4 is 5.32 Å². The molecule has 0 bridgehead atoms. The van der Waals surface area contributed by atoms with E-state index in [4.69, 9.17) is 11.6 Å². The van der Waals surface area contributed by atoms with Crippen LogP contribution in [0.5, 0.6) is 0 Å². The molecule has 1 saturated heterocycles. The molecule has 0 spiro atoms. The molecule has 1 aromatic heterocycles. The van der Waals surface area contributed by atoms with Crippen LogP contribution >= 0.6 is 24.0 Å². The van der Waals surface area contributed by atoms with Crippen LogP contribution in [-0.2, 0) is 6.54 Å². The lowest BCUT2D eigenvalue weighted by Crippen LogP contribution is -2.45. The topological polar surface area (TPSA) is 33.1 Å². The Hall–Kier alpha value is -1.07. The Bertz CT molecular complexity index is 627. The Morgan fingerprint density at radius 3 is 2.83 bits per heavy atom. The molecule has 0 saturated carbocycles. The second-order valence-electron chi connectivity index (χ2n) is 6.07. The lowest BCUT2D eigenvalue weighted by molar-refractivity contribution is 0.148. The minimum Gasteiger partial charge on any atom is -0.314 e. The molecule has 6 heteroatoms. The molecule has 4 nitrogen and oxygen atoms in total. The van der Waals surface area contributed by atoms with E-state index in [1.54, 1.807) is 0 Å². The highest BCUT2D eigenvalue weighted by Gasteiger charge is 2.26. The van der Waals surface area contributed by atoms with Crippen LogP contribution in [0.2, 0.25) is 5.02 Å². The lowest BCUT2D eigenvalue weighted by atomic mass is 10.0. The molecule has 0 amide bonds. The maximum atomic E-state index is 6.41. The Kier molecular flexibility index (Phi) is 6.48. The quantitative estimate of drug-likeness (QED) is 0.908. The van der Waals surface area contributed by atoms with Gasteiger partial charge in [0.25, 0.3) is 0 Å². The van der Waals surface area contributed by atoms with Crippen molar-refractivity contribution in [3.8, 4) is 0 Å². The third-order valence-corrected chi connectivity index (χ3v) is 4.57. The molecule has 1 aromatic carbocycles. The Labute approximate surface area is 149 Å². The number of halogens is 2. The molecule has 1 aliphatic rings. The van der Waals surface area contributed by atoms with Gasteiger partial charge in [-0.15, -0.1) is 12.4 Å². The SMILES string of the molecule is CC(C)n1nccc1CN1CCNCC1c1ccccc1Cl.Cl. The summed E-state index contributed by atoms with van der Waals surface area (Å²) in [6.07, 6.45) is 1.89. The predicted molar refractivity (Wildman–Crippen MR) is 97.3 cm³/mol. The highest BCUT2D eigenvalue weighted by molar-refractivity contribution is 6.31. The van der Waals surface area contributed by atoms with Gasteiger partial charge in [0.2, 0.25) is 0 Å². The van der Waals surface area contributed by atoms with Crippen LogP contribution in [0.4, 0.5) is 0 Å². The number of hydrogen-bond acceptors (Lipinski definition) is 3. The van der Waals surface area contributed by atoms with Crippen LogP contribution in [0, 0.1) is 0 Å². The summed E-state index contributed by atoms with van der Waals surface area (Å²) in [5.41, 5.74) is 2.46. The summed E-state index contributed by atoms with van der Waals surface area (Å²) in [4.78, 5) is 2.49. The van der Waals surface area contributed by atoms with Crippen molar-refractivity contribution < 1.29 is 0 Å². The Morgan fingerprint density at radius 1 is 1.30 bits per heavy atom. The van der Waals surface area contributed by atoms with Gasteiger partial charge in [0.05, 0.1) is 5.69 Å². The van der Waals surface area contributed by atoms with Crippen molar-refractivity contribution in [1.82, 2.24) is 20.0 Å². The number of nitrogens with one attached hydrogen (secondary N) is 1. The maximum absolute atomic E-state index is 6.41. The van der Waals surface area contributed by atoms with E-state index in [9.17, 15) is 0 Å². The van der Waals surface area contributed by atoms with Crippen molar-refractivity contribution in [2.75, 3.05) is 19.6 Å². The number of benzene rings is 1. The maximum Gasteiger partial charge on any atom is 0.0527 e. The molecular weight excluding hydrogens is 331 g/mol. The average Bonchev–Trinajstić information content (AvgIpc) is 2.97. The van der Waals surface area contributed by atoms with Gasteiger partial charge in [-0.05, 0) is 31.5 Å². The van der Waals surface area contributed by atoms with Gasteiger partial charge in [0.1, 0.15) is 0 Å². The first-order valence-corrected chi connectivity index (χ1v) is 8.26. The fourth-order valence-electron chi connectivity index (χ4n) is 3.13. The van der Waals surface area contributed by atoms with E-state index in [-0.39, 0.29) is 12.4 Å². The minimum atomic E-state index is 0. The summed E-state index contributed by atoms with van der Waals surface area (Å²) in [6.45, 7) is 8.19.